The molecule has 0 unspecified atom stereocenters. The van der Waals surface area contributed by atoms with Crippen molar-refractivity contribution >= 4 is 46.0 Å². The van der Waals surface area contributed by atoms with Crippen molar-refractivity contribution in [1.29, 1.82) is 0 Å². The van der Waals surface area contributed by atoms with Crippen molar-refractivity contribution in [2.24, 2.45) is 0 Å². The SMILES string of the molecule is CC(C)c1nc(CSC(C)(C)C)nc(Cl)c1I. The van der Waals surface area contributed by atoms with Crippen LogP contribution in [0.25, 0.3) is 0 Å². The van der Waals surface area contributed by atoms with Gasteiger partial charge in [-0.15, -0.1) is 11.8 Å². The number of hydrogen-bond donors (Lipinski definition) is 0. The van der Waals surface area contributed by atoms with Crippen LogP contribution < -0.4 is 0 Å². The number of thioether (sulfide) groups is 1. The Morgan fingerprint density at radius 3 is 2.35 bits per heavy atom. The summed E-state index contributed by atoms with van der Waals surface area (Å²) in [5.41, 5.74) is 1.05. The molecule has 2 nitrogen and oxygen atoms in total. The second kappa shape index (κ2) is 6.06. The van der Waals surface area contributed by atoms with Gasteiger partial charge in [0.2, 0.25) is 0 Å². The topological polar surface area (TPSA) is 25.8 Å². The van der Waals surface area contributed by atoms with E-state index in [1.54, 1.807) is 0 Å². The van der Waals surface area contributed by atoms with Crippen LogP contribution in [0.1, 0.15) is 52.1 Å². The van der Waals surface area contributed by atoms with E-state index in [4.69, 9.17) is 11.6 Å². The molecule has 0 saturated heterocycles. The molecule has 0 fully saturated rings. The van der Waals surface area contributed by atoms with Crippen molar-refractivity contribution in [2.75, 3.05) is 0 Å². The molecule has 0 amide bonds. The fraction of sp³-hybridized carbons (Fsp3) is 0.667. The van der Waals surface area contributed by atoms with Gasteiger partial charge in [-0.3, -0.25) is 0 Å². The average Bonchev–Trinajstić information content (AvgIpc) is 2.18. The quantitative estimate of drug-likeness (QED) is 0.548. The first-order valence-corrected chi connectivity index (χ1v) is 8.00. The van der Waals surface area contributed by atoms with Crippen molar-refractivity contribution in [3.8, 4) is 0 Å². The summed E-state index contributed by atoms with van der Waals surface area (Å²) in [7, 11) is 0. The highest BCUT2D eigenvalue weighted by molar-refractivity contribution is 14.1. The lowest BCUT2D eigenvalue weighted by Crippen LogP contribution is -2.10. The number of nitrogens with zero attached hydrogens (tertiary/aromatic N) is 2. The van der Waals surface area contributed by atoms with E-state index in [9.17, 15) is 0 Å². The Labute approximate surface area is 126 Å². The third-order valence-electron chi connectivity index (χ3n) is 2.06. The van der Waals surface area contributed by atoms with E-state index >= 15 is 0 Å². The first-order chi connectivity index (χ1) is 7.70. The summed E-state index contributed by atoms with van der Waals surface area (Å²) in [6.45, 7) is 10.8. The number of rotatable bonds is 3. The molecule has 0 radical (unpaired) electrons. The normalized spacial score (nSPS) is 12.2. The molecule has 0 aliphatic rings. The van der Waals surface area contributed by atoms with Gasteiger partial charge in [-0.25, -0.2) is 9.97 Å². The van der Waals surface area contributed by atoms with Crippen LogP contribution in [-0.4, -0.2) is 14.7 Å². The third-order valence-corrected chi connectivity index (χ3v) is 4.99. The summed E-state index contributed by atoms with van der Waals surface area (Å²) in [6, 6.07) is 0. The Bertz CT molecular complexity index is 402. The van der Waals surface area contributed by atoms with Gasteiger partial charge in [-0.1, -0.05) is 46.2 Å². The van der Waals surface area contributed by atoms with E-state index in [0.717, 1.165) is 20.8 Å². The van der Waals surface area contributed by atoms with Crippen LogP contribution in [0, 0.1) is 3.57 Å². The molecule has 0 atom stereocenters. The fourth-order valence-electron chi connectivity index (χ4n) is 1.21. The lowest BCUT2D eigenvalue weighted by molar-refractivity contribution is 0.782. The molecular weight excluding hydrogens is 367 g/mol. The van der Waals surface area contributed by atoms with Crippen LogP contribution >= 0.6 is 46.0 Å². The highest BCUT2D eigenvalue weighted by Crippen LogP contribution is 2.29. The zero-order chi connectivity index (χ0) is 13.2. The number of aromatic nitrogens is 2. The van der Waals surface area contributed by atoms with E-state index < -0.39 is 0 Å². The molecule has 0 aliphatic carbocycles. The van der Waals surface area contributed by atoms with Gasteiger partial charge in [0.15, 0.2) is 0 Å². The minimum absolute atomic E-state index is 0.219. The smallest absolute Gasteiger partial charge is 0.146 e. The van der Waals surface area contributed by atoms with Crippen LogP contribution in [0.3, 0.4) is 0 Å². The maximum atomic E-state index is 6.15. The van der Waals surface area contributed by atoms with E-state index in [-0.39, 0.29) is 4.75 Å². The van der Waals surface area contributed by atoms with Gasteiger partial charge < -0.3 is 0 Å². The molecule has 0 saturated carbocycles. The molecule has 0 spiro atoms. The monoisotopic (exact) mass is 384 g/mol. The first-order valence-electron chi connectivity index (χ1n) is 5.56. The van der Waals surface area contributed by atoms with E-state index in [1.165, 1.54) is 0 Å². The summed E-state index contributed by atoms with van der Waals surface area (Å²) < 4.78 is 1.19. The Morgan fingerprint density at radius 2 is 1.88 bits per heavy atom. The summed E-state index contributed by atoms with van der Waals surface area (Å²) in [5.74, 6) is 2.01. The lowest BCUT2D eigenvalue weighted by atomic mass is 10.1. The van der Waals surface area contributed by atoms with E-state index in [2.05, 4.69) is 67.2 Å². The molecule has 1 rings (SSSR count). The fourth-order valence-corrected chi connectivity index (χ4v) is 2.96. The molecule has 0 aliphatic heterocycles. The van der Waals surface area contributed by atoms with Gasteiger partial charge in [0.1, 0.15) is 11.0 Å². The Kier molecular flexibility index (Phi) is 5.53. The largest absolute Gasteiger partial charge is 0.236 e. The Hall–Kier alpha value is 0.450. The predicted molar refractivity (Wildman–Crippen MR) is 84.9 cm³/mol. The predicted octanol–water partition coefficient (Wildman–Crippen LogP) is 4.89. The Balaban J connectivity index is 2.95. The molecule has 0 bridgehead atoms. The molecular formula is C12H18ClIN2S. The molecule has 0 N–H and O–H groups in total. The minimum atomic E-state index is 0.219. The van der Waals surface area contributed by atoms with Crippen molar-refractivity contribution in [3.05, 3.63) is 20.2 Å². The average molecular weight is 385 g/mol. The second-order valence-corrected chi connectivity index (χ2v) is 8.42. The summed E-state index contributed by atoms with van der Waals surface area (Å²) in [5, 5.41) is 0.578. The number of hydrogen-bond acceptors (Lipinski definition) is 3. The van der Waals surface area contributed by atoms with Gasteiger partial charge in [0, 0.05) is 4.75 Å². The third kappa shape index (κ3) is 4.91. The maximum absolute atomic E-state index is 6.15. The van der Waals surface area contributed by atoms with Crippen LogP contribution in [-0.2, 0) is 5.75 Å². The van der Waals surface area contributed by atoms with Gasteiger partial charge in [-0.2, -0.15) is 0 Å². The van der Waals surface area contributed by atoms with Crippen LogP contribution in [0.15, 0.2) is 0 Å². The van der Waals surface area contributed by atoms with Crippen molar-refractivity contribution in [1.82, 2.24) is 9.97 Å². The van der Waals surface area contributed by atoms with Crippen LogP contribution in [0.4, 0.5) is 0 Å². The number of halogens is 2. The zero-order valence-corrected chi connectivity index (χ0v) is 14.6. The van der Waals surface area contributed by atoms with Crippen molar-refractivity contribution in [2.45, 2.75) is 51.0 Å². The second-order valence-electron chi connectivity index (χ2n) is 5.19. The van der Waals surface area contributed by atoms with Crippen LogP contribution in [0.2, 0.25) is 5.15 Å². The highest BCUT2D eigenvalue weighted by Gasteiger charge is 2.16. The lowest BCUT2D eigenvalue weighted by Gasteiger charge is -2.17. The molecule has 0 aromatic carbocycles. The van der Waals surface area contributed by atoms with Crippen molar-refractivity contribution < 1.29 is 0 Å². The summed E-state index contributed by atoms with van der Waals surface area (Å²) in [4.78, 5) is 8.96. The molecule has 96 valence electrons. The van der Waals surface area contributed by atoms with Gasteiger partial charge in [-0.05, 0) is 28.5 Å². The first kappa shape index (κ1) is 15.5. The maximum Gasteiger partial charge on any atom is 0.146 e. The minimum Gasteiger partial charge on any atom is -0.236 e. The van der Waals surface area contributed by atoms with Gasteiger partial charge in [0.25, 0.3) is 0 Å². The summed E-state index contributed by atoms with van der Waals surface area (Å²) in [6.07, 6.45) is 0. The van der Waals surface area contributed by atoms with Crippen LogP contribution in [0.5, 0.6) is 0 Å². The molecule has 1 aromatic rings. The van der Waals surface area contributed by atoms with E-state index in [0.29, 0.717) is 11.1 Å². The molecule has 17 heavy (non-hydrogen) atoms. The van der Waals surface area contributed by atoms with Crippen molar-refractivity contribution in [3.63, 3.8) is 0 Å². The standard InChI is InChI=1S/C12H18ClIN2S/c1-7(2)10-9(14)11(13)16-8(15-10)6-17-12(3,4)5/h7H,6H2,1-5H3. The van der Waals surface area contributed by atoms with Gasteiger partial charge >= 0.3 is 0 Å². The highest BCUT2D eigenvalue weighted by atomic mass is 127. The molecule has 1 heterocycles. The molecule has 1 aromatic heterocycles. The van der Waals surface area contributed by atoms with Gasteiger partial charge in [0.05, 0.1) is 15.0 Å². The molecule has 5 heteroatoms. The summed E-state index contributed by atoms with van der Waals surface area (Å²) >= 11 is 10.2. The Morgan fingerprint density at radius 1 is 1.29 bits per heavy atom. The van der Waals surface area contributed by atoms with E-state index in [1.807, 2.05) is 11.8 Å². The zero-order valence-electron chi connectivity index (χ0n) is 10.8.